The van der Waals surface area contributed by atoms with Crippen LogP contribution in [0, 0.1) is 0 Å². The highest BCUT2D eigenvalue weighted by atomic mass is 16.3. The van der Waals surface area contributed by atoms with Gasteiger partial charge in [0.25, 0.3) is 0 Å². The molecule has 2 rings (SSSR count). The Balaban J connectivity index is 2.28. The minimum atomic E-state index is 0.0778. The summed E-state index contributed by atoms with van der Waals surface area (Å²) in [5.74, 6) is 1.95. The summed E-state index contributed by atoms with van der Waals surface area (Å²) in [6.07, 6.45) is 4.77. The molecule has 1 N–H and O–H groups in total. The van der Waals surface area contributed by atoms with E-state index in [1.807, 2.05) is 38.6 Å². The van der Waals surface area contributed by atoms with Crippen molar-refractivity contribution in [1.29, 1.82) is 0 Å². The smallest absolute Gasteiger partial charge is 0.125 e. The second-order valence-corrected chi connectivity index (χ2v) is 3.83. The van der Waals surface area contributed by atoms with Gasteiger partial charge in [-0.25, -0.2) is 0 Å². The summed E-state index contributed by atoms with van der Waals surface area (Å²) in [5, 5.41) is 7.41. The Morgan fingerprint density at radius 2 is 2.31 bits per heavy atom. The number of hydrogen-bond donors (Lipinski definition) is 1. The summed E-state index contributed by atoms with van der Waals surface area (Å²) in [6.45, 7) is 2.08. The molecule has 0 saturated heterocycles. The second-order valence-electron chi connectivity index (χ2n) is 3.83. The number of nitrogens with one attached hydrogen (secondary N) is 1. The highest BCUT2D eigenvalue weighted by molar-refractivity contribution is 5.23. The quantitative estimate of drug-likeness (QED) is 0.853. The Kier molecular flexibility index (Phi) is 3.10. The normalized spacial score (nSPS) is 12.9. The van der Waals surface area contributed by atoms with E-state index in [1.54, 1.807) is 4.68 Å². The Morgan fingerprint density at radius 1 is 1.50 bits per heavy atom. The van der Waals surface area contributed by atoms with Crippen molar-refractivity contribution < 1.29 is 4.42 Å². The topological polar surface area (TPSA) is 43.0 Å². The zero-order valence-electron chi connectivity index (χ0n) is 9.90. The maximum atomic E-state index is 5.75. The molecule has 2 heterocycles. The van der Waals surface area contributed by atoms with E-state index >= 15 is 0 Å². The average Bonchev–Trinajstić information content (AvgIpc) is 2.89. The Bertz CT molecular complexity index is 458. The molecule has 1 atom stereocenters. The van der Waals surface area contributed by atoms with Gasteiger partial charge >= 0.3 is 0 Å². The van der Waals surface area contributed by atoms with Gasteiger partial charge in [0.15, 0.2) is 0 Å². The highest BCUT2D eigenvalue weighted by Crippen LogP contribution is 2.23. The summed E-state index contributed by atoms with van der Waals surface area (Å²) in [5.41, 5.74) is 1.11. The van der Waals surface area contributed by atoms with Gasteiger partial charge in [0.05, 0.1) is 12.2 Å². The van der Waals surface area contributed by atoms with Crippen LogP contribution in [-0.4, -0.2) is 16.8 Å². The van der Waals surface area contributed by atoms with Crippen LogP contribution in [-0.2, 0) is 13.5 Å². The fourth-order valence-electron chi connectivity index (χ4n) is 1.80. The molecule has 0 saturated carbocycles. The van der Waals surface area contributed by atoms with E-state index in [-0.39, 0.29) is 6.04 Å². The van der Waals surface area contributed by atoms with Crippen molar-refractivity contribution in [2.24, 2.45) is 7.05 Å². The standard InChI is InChI=1S/C12H17N3O/c1-4-10-5-6-11(16-10)12(13-2)9-7-14-15(3)8-9/h5-8,12-13H,4H2,1-3H3. The Hall–Kier alpha value is -1.55. The van der Waals surface area contributed by atoms with Crippen LogP contribution in [0.15, 0.2) is 28.9 Å². The first-order valence-electron chi connectivity index (χ1n) is 5.49. The Labute approximate surface area is 95.3 Å². The van der Waals surface area contributed by atoms with Gasteiger partial charge in [0.2, 0.25) is 0 Å². The number of nitrogens with zero attached hydrogens (tertiary/aromatic N) is 2. The molecule has 0 spiro atoms. The van der Waals surface area contributed by atoms with E-state index in [1.165, 1.54) is 0 Å². The largest absolute Gasteiger partial charge is 0.464 e. The maximum absolute atomic E-state index is 5.75. The summed E-state index contributed by atoms with van der Waals surface area (Å²) < 4.78 is 7.54. The number of aromatic nitrogens is 2. The molecule has 86 valence electrons. The lowest BCUT2D eigenvalue weighted by Gasteiger charge is -2.11. The van der Waals surface area contributed by atoms with Gasteiger partial charge in [0.1, 0.15) is 11.5 Å². The van der Waals surface area contributed by atoms with Crippen molar-refractivity contribution in [3.8, 4) is 0 Å². The molecule has 2 aromatic rings. The van der Waals surface area contributed by atoms with E-state index in [0.717, 1.165) is 23.5 Å². The first-order chi connectivity index (χ1) is 7.74. The summed E-state index contributed by atoms with van der Waals surface area (Å²) in [6, 6.07) is 4.12. The van der Waals surface area contributed by atoms with Crippen LogP contribution < -0.4 is 5.32 Å². The predicted octanol–water partition coefficient (Wildman–Crippen LogP) is 1.88. The number of hydrogen-bond acceptors (Lipinski definition) is 3. The number of rotatable bonds is 4. The van der Waals surface area contributed by atoms with Crippen LogP contribution in [0.1, 0.15) is 30.0 Å². The third-order valence-electron chi connectivity index (χ3n) is 2.66. The number of furan rings is 1. The molecule has 4 nitrogen and oxygen atoms in total. The highest BCUT2D eigenvalue weighted by Gasteiger charge is 2.17. The minimum Gasteiger partial charge on any atom is -0.464 e. The van der Waals surface area contributed by atoms with Gasteiger partial charge in [-0.15, -0.1) is 0 Å². The van der Waals surface area contributed by atoms with Crippen molar-refractivity contribution in [3.63, 3.8) is 0 Å². The molecule has 4 heteroatoms. The zero-order chi connectivity index (χ0) is 11.5. The third-order valence-corrected chi connectivity index (χ3v) is 2.66. The van der Waals surface area contributed by atoms with Gasteiger partial charge < -0.3 is 9.73 Å². The van der Waals surface area contributed by atoms with Crippen molar-refractivity contribution in [2.75, 3.05) is 7.05 Å². The molecule has 0 aromatic carbocycles. The van der Waals surface area contributed by atoms with Crippen LogP contribution in [0.5, 0.6) is 0 Å². The van der Waals surface area contributed by atoms with Crippen molar-refractivity contribution in [3.05, 3.63) is 41.6 Å². The minimum absolute atomic E-state index is 0.0778. The van der Waals surface area contributed by atoms with Crippen molar-refractivity contribution >= 4 is 0 Å². The molecule has 0 aliphatic heterocycles. The molecule has 0 radical (unpaired) electrons. The SMILES string of the molecule is CCc1ccc(C(NC)c2cnn(C)c2)o1. The molecular formula is C12H17N3O. The lowest BCUT2D eigenvalue weighted by Crippen LogP contribution is -2.16. The molecule has 0 fully saturated rings. The second kappa shape index (κ2) is 4.53. The molecule has 0 aliphatic rings. The summed E-state index contributed by atoms with van der Waals surface area (Å²) >= 11 is 0. The molecule has 16 heavy (non-hydrogen) atoms. The van der Waals surface area contributed by atoms with E-state index in [0.29, 0.717) is 0 Å². The molecule has 0 aliphatic carbocycles. The van der Waals surface area contributed by atoms with Crippen LogP contribution in [0.4, 0.5) is 0 Å². The summed E-state index contributed by atoms with van der Waals surface area (Å²) in [7, 11) is 3.83. The predicted molar refractivity (Wildman–Crippen MR) is 62.2 cm³/mol. The maximum Gasteiger partial charge on any atom is 0.125 e. The lowest BCUT2D eigenvalue weighted by molar-refractivity contribution is 0.434. The first-order valence-corrected chi connectivity index (χ1v) is 5.49. The monoisotopic (exact) mass is 219 g/mol. The van der Waals surface area contributed by atoms with Gasteiger partial charge in [0, 0.05) is 25.2 Å². The fraction of sp³-hybridized carbons (Fsp3) is 0.417. The molecule has 2 aromatic heterocycles. The van der Waals surface area contributed by atoms with Gasteiger partial charge in [-0.1, -0.05) is 6.92 Å². The molecular weight excluding hydrogens is 202 g/mol. The lowest BCUT2D eigenvalue weighted by atomic mass is 10.1. The third kappa shape index (κ3) is 2.02. The Morgan fingerprint density at radius 3 is 2.81 bits per heavy atom. The van der Waals surface area contributed by atoms with Gasteiger partial charge in [-0.3, -0.25) is 4.68 Å². The molecule has 1 unspecified atom stereocenters. The molecule has 0 amide bonds. The molecule has 0 bridgehead atoms. The van der Waals surface area contributed by atoms with E-state index in [9.17, 15) is 0 Å². The van der Waals surface area contributed by atoms with Crippen LogP contribution in [0.3, 0.4) is 0 Å². The average molecular weight is 219 g/mol. The van der Waals surface area contributed by atoms with Crippen LogP contribution >= 0.6 is 0 Å². The van der Waals surface area contributed by atoms with E-state index < -0.39 is 0 Å². The van der Waals surface area contributed by atoms with Gasteiger partial charge in [-0.05, 0) is 19.2 Å². The van der Waals surface area contributed by atoms with E-state index in [4.69, 9.17) is 4.42 Å². The summed E-state index contributed by atoms with van der Waals surface area (Å²) in [4.78, 5) is 0. The number of aryl methyl sites for hydroxylation is 2. The van der Waals surface area contributed by atoms with Gasteiger partial charge in [-0.2, -0.15) is 5.10 Å². The zero-order valence-corrected chi connectivity index (χ0v) is 9.90. The van der Waals surface area contributed by atoms with Crippen LogP contribution in [0.2, 0.25) is 0 Å². The van der Waals surface area contributed by atoms with Crippen molar-refractivity contribution in [2.45, 2.75) is 19.4 Å². The first kappa shape index (κ1) is 11.0. The van der Waals surface area contributed by atoms with E-state index in [2.05, 4.69) is 17.3 Å². The fourth-order valence-corrected chi connectivity index (χ4v) is 1.80. The van der Waals surface area contributed by atoms with Crippen LogP contribution in [0.25, 0.3) is 0 Å². The van der Waals surface area contributed by atoms with Crippen molar-refractivity contribution in [1.82, 2.24) is 15.1 Å².